The highest BCUT2D eigenvalue weighted by molar-refractivity contribution is 5.88. The lowest BCUT2D eigenvalue weighted by Gasteiger charge is -2.20. The summed E-state index contributed by atoms with van der Waals surface area (Å²) in [6.07, 6.45) is 1.06. The predicted molar refractivity (Wildman–Crippen MR) is 74.2 cm³/mol. The molecular formula is C15H20N2O2. The molecule has 1 aromatic rings. The van der Waals surface area contributed by atoms with Crippen molar-refractivity contribution in [3.05, 3.63) is 29.8 Å². The molecule has 0 radical (unpaired) electrons. The zero-order chi connectivity index (χ0) is 13.2. The number of anilines is 1. The van der Waals surface area contributed by atoms with Gasteiger partial charge in [0.25, 0.3) is 0 Å². The summed E-state index contributed by atoms with van der Waals surface area (Å²) in [6, 6.07) is 8.11. The van der Waals surface area contributed by atoms with E-state index in [-0.39, 0.29) is 11.8 Å². The topological polar surface area (TPSA) is 41.6 Å². The van der Waals surface area contributed by atoms with Crippen molar-refractivity contribution in [2.24, 2.45) is 5.92 Å². The molecule has 1 amide bonds. The fourth-order valence-corrected chi connectivity index (χ4v) is 3.13. The van der Waals surface area contributed by atoms with Gasteiger partial charge in [0.15, 0.2) is 0 Å². The Labute approximate surface area is 113 Å². The molecule has 1 N–H and O–H groups in total. The molecule has 2 atom stereocenters. The SMILES string of the molecule is COCC1CCN(C(=O)C2CNc3ccccc32)C1. The van der Waals surface area contributed by atoms with E-state index in [4.69, 9.17) is 4.74 Å². The summed E-state index contributed by atoms with van der Waals surface area (Å²) in [5, 5.41) is 3.32. The third-order valence-electron chi connectivity index (χ3n) is 4.13. The van der Waals surface area contributed by atoms with Gasteiger partial charge in [0.05, 0.1) is 12.5 Å². The lowest BCUT2D eigenvalue weighted by atomic mass is 10.00. The van der Waals surface area contributed by atoms with Crippen LogP contribution in [0.4, 0.5) is 5.69 Å². The van der Waals surface area contributed by atoms with Gasteiger partial charge in [-0.2, -0.15) is 0 Å². The fraction of sp³-hybridized carbons (Fsp3) is 0.533. The number of ether oxygens (including phenoxy) is 1. The van der Waals surface area contributed by atoms with Crippen LogP contribution < -0.4 is 5.32 Å². The van der Waals surface area contributed by atoms with Gasteiger partial charge in [-0.3, -0.25) is 4.79 Å². The van der Waals surface area contributed by atoms with Crippen LogP contribution >= 0.6 is 0 Å². The summed E-state index contributed by atoms with van der Waals surface area (Å²) in [5.41, 5.74) is 2.25. The van der Waals surface area contributed by atoms with E-state index in [0.717, 1.165) is 43.9 Å². The minimum absolute atomic E-state index is 0.0162. The molecule has 2 aliphatic heterocycles. The van der Waals surface area contributed by atoms with Gasteiger partial charge in [-0.1, -0.05) is 18.2 Å². The van der Waals surface area contributed by atoms with Gasteiger partial charge in [-0.05, 0) is 18.1 Å². The minimum atomic E-state index is -0.0162. The van der Waals surface area contributed by atoms with Gasteiger partial charge < -0.3 is 15.0 Å². The van der Waals surface area contributed by atoms with Crippen LogP contribution in [0.5, 0.6) is 0 Å². The van der Waals surface area contributed by atoms with Crippen molar-refractivity contribution in [1.82, 2.24) is 4.90 Å². The van der Waals surface area contributed by atoms with Crippen LogP contribution in [-0.4, -0.2) is 44.2 Å². The van der Waals surface area contributed by atoms with Gasteiger partial charge in [-0.15, -0.1) is 0 Å². The first-order valence-electron chi connectivity index (χ1n) is 6.90. The quantitative estimate of drug-likeness (QED) is 0.899. The largest absolute Gasteiger partial charge is 0.384 e. The number of nitrogens with one attached hydrogen (secondary N) is 1. The van der Waals surface area contributed by atoms with Crippen molar-refractivity contribution >= 4 is 11.6 Å². The van der Waals surface area contributed by atoms with E-state index in [9.17, 15) is 4.79 Å². The second-order valence-electron chi connectivity index (χ2n) is 5.42. The number of amides is 1. The normalized spacial score (nSPS) is 25.2. The molecule has 102 valence electrons. The maximum absolute atomic E-state index is 12.6. The van der Waals surface area contributed by atoms with E-state index < -0.39 is 0 Å². The number of benzene rings is 1. The second kappa shape index (κ2) is 5.21. The smallest absolute Gasteiger partial charge is 0.231 e. The molecule has 2 aliphatic rings. The van der Waals surface area contributed by atoms with Crippen LogP contribution in [0.1, 0.15) is 17.9 Å². The summed E-state index contributed by atoms with van der Waals surface area (Å²) < 4.78 is 5.19. The monoisotopic (exact) mass is 260 g/mol. The Morgan fingerprint density at radius 1 is 1.47 bits per heavy atom. The number of nitrogens with zero attached hydrogens (tertiary/aromatic N) is 1. The van der Waals surface area contributed by atoms with E-state index >= 15 is 0 Å². The Kier molecular flexibility index (Phi) is 3.42. The number of likely N-dealkylation sites (tertiary alicyclic amines) is 1. The number of carbonyl (C=O) groups excluding carboxylic acids is 1. The molecule has 4 nitrogen and oxygen atoms in total. The second-order valence-corrected chi connectivity index (χ2v) is 5.42. The first-order valence-corrected chi connectivity index (χ1v) is 6.90. The van der Waals surface area contributed by atoms with Crippen LogP contribution in [0.15, 0.2) is 24.3 Å². The number of fused-ring (bicyclic) bond motifs is 1. The molecule has 19 heavy (non-hydrogen) atoms. The predicted octanol–water partition coefficient (Wildman–Crippen LogP) is 1.69. The Balaban J connectivity index is 1.69. The fourth-order valence-electron chi connectivity index (χ4n) is 3.13. The third kappa shape index (κ3) is 2.32. The molecule has 1 aromatic carbocycles. The standard InChI is InChI=1S/C15H20N2O2/c1-19-10-11-6-7-17(9-11)15(18)13-8-16-14-5-3-2-4-12(13)14/h2-5,11,13,16H,6-10H2,1H3. The van der Waals surface area contributed by atoms with Crippen molar-refractivity contribution in [3.63, 3.8) is 0 Å². The first-order chi connectivity index (χ1) is 9.29. The zero-order valence-electron chi connectivity index (χ0n) is 11.3. The molecule has 1 fully saturated rings. The van der Waals surface area contributed by atoms with Crippen molar-refractivity contribution in [2.75, 3.05) is 38.7 Å². The van der Waals surface area contributed by atoms with Crippen LogP contribution in [-0.2, 0) is 9.53 Å². The molecule has 0 saturated carbocycles. The molecular weight excluding hydrogens is 240 g/mol. The molecule has 3 rings (SSSR count). The third-order valence-corrected chi connectivity index (χ3v) is 4.13. The van der Waals surface area contributed by atoms with Gasteiger partial charge >= 0.3 is 0 Å². The molecule has 2 heterocycles. The summed E-state index contributed by atoms with van der Waals surface area (Å²) in [7, 11) is 1.72. The van der Waals surface area contributed by atoms with Crippen molar-refractivity contribution in [1.29, 1.82) is 0 Å². The Morgan fingerprint density at radius 2 is 2.32 bits per heavy atom. The maximum Gasteiger partial charge on any atom is 0.231 e. The number of carbonyl (C=O) groups is 1. The van der Waals surface area contributed by atoms with E-state index in [1.165, 1.54) is 0 Å². The van der Waals surface area contributed by atoms with E-state index in [2.05, 4.69) is 11.4 Å². The van der Waals surface area contributed by atoms with Crippen LogP contribution in [0.25, 0.3) is 0 Å². The molecule has 0 aliphatic carbocycles. The average molecular weight is 260 g/mol. The highest BCUT2D eigenvalue weighted by Gasteiger charge is 2.34. The van der Waals surface area contributed by atoms with E-state index in [1.807, 2.05) is 23.1 Å². The maximum atomic E-state index is 12.6. The van der Waals surface area contributed by atoms with Crippen LogP contribution in [0, 0.1) is 5.92 Å². The van der Waals surface area contributed by atoms with Crippen molar-refractivity contribution in [2.45, 2.75) is 12.3 Å². The molecule has 2 unspecified atom stereocenters. The van der Waals surface area contributed by atoms with Crippen molar-refractivity contribution < 1.29 is 9.53 Å². The molecule has 1 saturated heterocycles. The number of hydrogen-bond acceptors (Lipinski definition) is 3. The van der Waals surface area contributed by atoms with Gasteiger partial charge in [0.2, 0.25) is 5.91 Å². The zero-order valence-corrected chi connectivity index (χ0v) is 11.3. The van der Waals surface area contributed by atoms with Gasteiger partial charge in [-0.25, -0.2) is 0 Å². The average Bonchev–Trinajstić information content (AvgIpc) is 3.05. The lowest BCUT2D eigenvalue weighted by molar-refractivity contribution is -0.131. The first kappa shape index (κ1) is 12.5. The van der Waals surface area contributed by atoms with Crippen LogP contribution in [0.3, 0.4) is 0 Å². The summed E-state index contributed by atoms with van der Waals surface area (Å²) in [4.78, 5) is 14.6. The highest BCUT2D eigenvalue weighted by Crippen LogP contribution is 2.33. The van der Waals surface area contributed by atoms with E-state index in [0.29, 0.717) is 5.92 Å². The molecule has 0 bridgehead atoms. The summed E-state index contributed by atoms with van der Waals surface area (Å²) in [5.74, 6) is 0.743. The summed E-state index contributed by atoms with van der Waals surface area (Å²) in [6.45, 7) is 3.18. The number of hydrogen-bond donors (Lipinski definition) is 1. The Hall–Kier alpha value is -1.55. The Morgan fingerprint density at radius 3 is 3.16 bits per heavy atom. The Bertz CT molecular complexity index is 475. The number of methoxy groups -OCH3 is 1. The van der Waals surface area contributed by atoms with Gasteiger partial charge in [0, 0.05) is 38.3 Å². The molecule has 0 spiro atoms. The number of rotatable bonds is 3. The number of para-hydroxylation sites is 1. The van der Waals surface area contributed by atoms with Gasteiger partial charge in [0.1, 0.15) is 0 Å². The molecule has 0 aromatic heterocycles. The minimum Gasteiger partial charge on any atom is -0.384 e. The lowest BCUT2D eigenvalue weighted by Crippen LogP contribution is -2.34. The molecule has 4 heteroatoms. The summed E-state index contributed by atoms with van der Waals surface area (Å²) >= 11 is 0. The van der Waals surface area contributed by atoms with Crippen LogP contribution in [0.2, 0.25) is 0 Å². The van der Waals surface area contributed by atoms with E-state index in [1.54, 1.807) is 7.11 Å². The highest BCUT2D eigenvalue weighted by atomic mass is 16.5. The van der Waals surface area contributed by atoms with Crippen molar-refractivity contribution in [3.8, 4) is 0 Å².